The van der Waals surface area contributed by atoms with Gasteiger partial charge in [-0.15, -0.1) is 11.3 Å². The van der Waals surface area contributed by atoms with Gasteiger partial charge in [0.05, 0.1) is 5.56 Å². The van der Waals surface area contributed by atoms with Crippen molar-refractivity contribution in [2.24, 2.45) is 0 Å². The van der Waals surface area contributed by atoms with Crippen molar-refractivity contribution in [1.29, 1.82) is 0 Å². The van der Waals surface area contributed by atoms with Crippen LogP contribution in [0.15, 0.2) is 28.1 Å². The van der Waals surface area contributed by atoms with E-state index >= 15 is 0 Å². The van der Waals surface area contributed by atoms with Crippen LogP contribution >= 0.6 is 27.3 Å². The first-order chi connectivity index (χ1) is 8.97. The summed E-state index contributed by atoms with van der Waals surface area (Å²) in [4.78, 5) is 11.5. The van der Waals surface area contributed by atoms with Crippen LogP contribution in [0, 0.1) is 11.6 Å². The maximum atomic E-state index is 13.6. The smallest absolute Gasteiger partial charge is 0.335 e. The number of carbonyl (C=O) groups is 1. The van der Waals surface area contributed by atoms with Crippen LogP contribution in [0.1, 0.15) is 15.2 Å². The summed E-state index contributed by atoms with van der Waals surface area (Å²) in [6.45, 7) is 0.260. The summed E-state index contributed by atoms with van der Waals surface area (Å²) in [5.41, 5.74) is -0.742. The Balaban J connectivity index is 2.18. The number of halogens is 3. The van der Waals surface area contributed by atoms with Crippen LogP contribution in [0.3, 0.4) is 0 Å². The molecule has 1 heterocycles. The first kappa shape index (κ1) is 14.0. The minimum atomic E-state index is -1.37. The van der Waals surface area contributed by atoms with Gasteiger partial charge in [0.2, 0.25) is 0 Å². The number of carboxylic acid groups (broad SMARTS) is 1. The van der Waals surface area contributed by atoms with Crippen molar-refractivity contribution in [3.63, 3.8) is 0 Å². The molecule has 0 bridgehead atoms. The van der Waals surface area contributed by atoms with Crippen molar-refractivity contribution < 1.29 is 18.7 Å². The van der Waals surface area contributed by atoms with Crippen molar-refractivity contribution in [3.8, 4) is 0 Å². The van der Waals surface area contributed by atoms with Gasteiger partial charge in [-0.25, -0.2) is 13.6 Å². The number of hydrogen-bond donors (Lipinski definition) is 2. The molecule has 3 nitrogen and oxygen atoms in total. The molecule has 0 amide bonds. The summed E-state index contributed by atoms with van der Waals surface area (Å²) >= 11 is 4.72. The molecule has 100 valence electrons. The van der Waals surface area contributed by atoms with Gasteiger partial charge in [-0.2, -0.15) is 0 Å². The Morgan fingerprint density at radius 1 is 1.32 bits per heavy atom. The number of rotatable bonds is 4. The van der Waals surface area contributed by atoms with Crippen molar-refractivity contribution in [2.45, 2.75) is 6.54 Å². The lowest BCUT2D eigenvalue weighted by atomic mass is 10.2. The third-order valence-electron chi connectivity index (χ3n) is 2.35. The van der Waals surface area contributed by atoms with Gasteiger partial charge in [0.25, 0.3) is 0 Å². The molecule has 0 radical (unpaired) electrons. The van der Waals surface area contributed by atoms with Crippen LogP contribution in [0.5, 0.6) is 0 Å². The van der Waals surface area contributed by atoms with Gasteiger partial charge in [0, 0.05) is 21.3 Å². The lowest BCUT2D eigenvalue weighted by Gasteiger charge is -2.08. The zero-order chi connectivity index (χ0) is 14.0. The van der Waals surface area contributed by atoms with E-state index in [1.807, 2.05) is 11.4 Å². The highest BCUT2D eigenvalue weighted by Gasteiger charge is 2.14. The second kappa shape index (κ2) is 5.66. The SMILES string of the molecule is O=C(O)c1cc(F)c(NCc2cc(Br)cs2)c(F)c1. The minimum absolute atomic E-state index is 0.260. The highest BCUT2D eigenvalue weighted by atomic mass is 79.9. The summed E-state index contributed by atoms with van der Waals surface area (Å²) in [5.74, 6) is -3.22. The molecule has 0 unspecified atom stereocenters. The van der Waals surface area contributed by atoms with Gasteiger partial charge in [-0.05, 0) is 34.1 Å². The molecule has 1 aromatic heterocycles. The van der Waals surface area contributed by atoms with Gasteiger partial charge in [-0.3, -0.25) is 0 Å². The standard InChI is InChI=1S/C12H8BrF2NO2S/c13-7-3-8(19-5-7)4-16-11-9(14)1-6(12(17)18)2-10(11)15/h1-3,5,16H,4H2,(H,17,18). The third-order valence-corrected chi connectivity index (χ3v) is 4.05. The summed E-state index contributed by atoms with van der Waals surface area (Å²) in [5, 5.41) is 13.2. The van der Waals surface area contributed by atoms with E-state index in [1.54, 1.807) is 0 Å². The van der Waals surface area contributed by atoms with Crippen LogP contribution in [0.25, 0.3) is 0 Å². The number of benzene rings is 1. The first-order valence-corrected chi connectivity index (χ1v) is 6.83. The fourth-order valence-corrected chi connectivity index (χ4v) is 2.88. The number of nitrogens with one attached hydrogen (secondary N) is 1. The maximum absolute atomic E-state index is 13.6. The number of anilines is 1. The van der Waals surface area contributed by atoms with Gasteiger partial charge in [0.15, 0.2) is 0 Å². The Morgan fingerprint density at radius 3 is 2.42 bits per heavy atom. The molecule has 0 aliphatic heterocycles. The highest BCUT2D eigenvalue weighted by molar-refractivity contribution is 9.10. The van der Waals surface area contributed by atoms with Crippen molar-refractivity contribution in [3.05, 3.63) is 50.1 Å². The van der Waals surface area contributed by atoms with Gasteiger partial charge in [-0.1, -0.05) is 0 Å². The minimum Gasteiger partial charge on any atom is -0.478 e. The molecule has 19 heavy (non-hydrogen) atoms. The molecule has 1 aromatic carbocycles. The van der Waals surface area contributed by atoms with Crippen LogP contribution in [-0.4, -0.2) is 11.1 Å². The van der Waals surface area contributed by atoms with Crippen LogP contribution < -0.4 is 5.32 Å². The molecular weight excluding hydrogens is 340 g/mol. The second-order valence-corrected chi connectivity index (χ2v) is 5.62. The van der Waals surface area contributed by atoms with E-state index in [9.17, 15) is 13.6 Å². The molecule has 7 heteroatoms. The Hall–Kier alpha value is -1.47. The normalized spacial score (nSPS) is 10.5. The zero-order valence-electron chi connectivity index (χ0n) is 9.41. The maximum Gasteiger partial charge on any atom is 0.335 e. The predicted molar refractivity (Wildman–Crippen MR) is 72.7 cm³/mol. The van der Waals surface area contributed by atoms with Crippen LogP contribution in [0.4, 0.5) is 14.5 Å². The van der Waals surface area contributed by atoms with E-state index in [2.05, 4.69) is 21.2 Å². The van der Waals surface area contributed by atoms with E-state index in [1.165, 1.54) is 11.3 Å². The van der Waals surface area contributed by atoms with E-state index in [-0.39, 0.29) is 12.2 Å². The van der Waals surface area contributed by atoms with Gasteiger partial charge in [0.1, 0.15) is 17.3 Å². The zero-order valence-corrected chi connectivity index (χ0v) is 11.8. The molecule has 0 aliphatic carbocycles. The molecule has 2 aromatic rings. The molecule has 2 rings (SSSR count). The largest absolute Gasteiger partial charge is 0.478 e. The van der Waals surface area contributed by atoms with Crippen molar-refractivity contribution in [1.82, 2.24) is 0 Å². The monoisotopic (exact) mass is 347 g/mol. The quantitative estimate of drug-likeness (QED) is 0.875. The predicted octanol–water partition coefficient (Wildman–Crippen LogP) is 4.10. The molecular formula is C12H8BrF2NO2S. The Bertz CT molecular complexity index is 607. The Kier molecular flexibility index (Phi) is 4.16. The highest BCUT2D eigenvalue weighted by Crippen LogP contribution is 2.24. The molecule has 2 N–H and O–H groups in total. The van der Waals surface area contributed by atoms with E-state index in [0.717, 1.165) is 21.5 Å². The van der Waals surface area contributed by atoms with E-state index in [0.29, 0.717) is 0 Å². The molecule has 0 fully saturated rings. The Labute approximate surface area is 120 Å². The second-order valence-electron chi connectivity index (χ2n) is 3.70. The third kappa shape index (κ3) is 3.30. The van der Waals surface area contributed by atoms with Gasteiger partial charge >= 0.3 is 5.97 Å². The lowest BCUT2D eigenvalue weighted by Crippen LogP contribution is -2.06. The van der Waals surface area contributed by atoms with Gasteiger partial charge < -0.3 is 10.4 Å². The average Bonchev–Trinajstić information content (AvgIpc) is 2.73. The van der Waals surface area contributed by atoms with Crippen LogP contribution in [0.2, 0.25) is 0 Å². The molecule has 0 aliphatic rings. The van der Waals surface area contributed by atoms with E-state index < -0.39 is 23.2 Å². The lowest BCUT2D eigenvalue weighted by molar-refractivity contribution is 0.0696. The number of hydrogen-bond acceptors (Lipinski definition) is 3. The van der Waals surface area contributed by atoms with Crippen molar-refractivity contribution >= 4 is 38.9 Å². The molecule has 0 saturated heterocycles. The summed E-state index contributed by atoms with van der Waals surface area (Å²) in [7, 11) is 0. The average molecular weight is 348 g/mol. The summed E-state index contributed by atoms with van der Waals surface area (Å²) in [6.07, 6.45) is 0. The van der Waals surface area contributed by atoms with E-state index in [4.69, 9.17) is 5.11 Å². The number of thiophene rings is 1. The molecule has 0 saturated carbocycles. The first-order valence-electron chi connectivity index (χ1n) is 5.16. The number of aromatic carboxylic acids is 1. The summed E-state index contributed by atoms with van der Waals surface area (Å²) < 4.78 is 28.1. The molecule has 0 atom stereocenters. The fraction of sp³-hybridized carbons (Fsp3) is 0.0833. The number of carboxylic acids is 1. The molecule has 0 spiro atoms. The van der Waals surface area contributed by atoms with Crippen molar-refractivity contribution in [2.75, 3.05) is 5.32 Å². The summed E-state index contributed by atoms with van der Waals surface area (Å²) in [6, 6.07) is 3.41. The van der Waals surface area contributed by atoms with Crippen LogP contribution in [-0.2, 0) is 6.54 Å². The topological polar surface area (TPSA) is 49.3 Å². The Morgan fingerprint density at radius 2 is 1.95 bits per heavy atom. The fourth-order valence-electron chi connectivity index (χ4n) is 1.49.